The second-order valence-electron chi connectivity index (χ2n) is 5.80. The monoisotopic (exact) mass is 334 g/mol. The molecule has 0 aromatic carbocycles. The maximum atomic E-state index is 11.4. The molecule has 0 saturated carbocycles. The maximum Gasteiger partial charge on any atom is 0.292 e. The molecule has 0 bridgehead atoms. The van der Waals surface area contributed by atoms with E-state index in [1.165, 1.54) is 4.68 Å². The van der Waals surface area contributed by atoms with Crippen molar-refractivity contribution >= 4 is 23.0 Å². The Labute approximate surface area is 137 Å². The number of anilines is 4. The molecular weight excluding hydrogens is 312 g/mol. The molecule has 4 heterocycles. The highest BCUT2D eigenvalue weighted by molar-refractivity contribution is 5.58. The van der Waals surface area contributed by atoms with Crippen LogP contribution < -0.4 is 34.1 Å². The van der Waals surface area contributed by atoms with E-state index >= 15 is 0 Å². The summed E-state index contributed by atoms with van der Waals surface area (Å²) in [7, 11) is 0. The first kappa shape index (κ1) is 15.8. The Bertz CT molecular complexity index is 911. The molecule has 10 heteroatoms. The molecule has 0 aliphatic carbocycles. The van der Waals surface area contributed by atoms with E-state index in [0.717, 1.165) is 25.9 Å². The van der Waals surface area contributed by atoms with E-state index in [1.807, 2.05) is 12.2 Å². The van der Waals surface area contributed by atoms with Crippen LogP contribution in [0.1, 0.15) is 12.8 Å². The van der Waals surface area contributed by atoms with Gasteiger partial charge in [-0.25, -0.2) is 9.36 Å². The minimum absolute atomic E-state index is 0.146. The lowest BCUT2D eigenvalue weighted by Crippen LogP contribution is -2.27. The summed E-state index contributed by atoms with van der Waals surface area (Å²) >= 11 is 0. The van der Waals surface area contributed by atoms with Crippen LogP contribution in [-0.4, -0.2) is 18.7 Å². The van der Waals surface area contributed by atoms with Gasteiger partial charge in [0.05, 0.1) is 13.1 Å². The standard InChI is InChI=1S/C7H12N4O.C7H10N4O/c2*8-5-6(9)10-3-1-2-4-11(10)7(5)12/h1-4,8-9H2;1-2H,3-4,8-9H2. The highest BCUT2D eigenvalue weighted by Gasteiger charge is 2.17. The van der Waals surface area contributed by atoms with Gasteiger partial charge in [0, 0.05) is 13.1 Å². The van der Waals surface area contributed by atoms with Crippen molar-refractivity contribution in [1.82, 2.24) is 18.7 Å². The third-order valence-electron chi connectivity index (χ3n) is 4.33. The van der Waals surface area contributed by atoms with E-state index in [2.05, 4.69) is 0 Å². The zero-order valence-electron chi connectivity index (χ0n) is 13.3. The van der Waals surface area contributed by atoms with Crippen molar-refractivity contribution in [2.75, 3.05) is 22.9 Å². The SMILES string of the molecule is Nc1c(N)n2n(c1=O)CC=CC2.Nc1c(N)n2n(c1=O)CCCC2. The molecule has 2 aliphatic rings. The van der Waals surface area contributed by atoms with Crippen molar-refractivity contribution in [3.05, 3.63) is 32.9 Å². The number of nitrogens with zero attached hydrogens (tertiary/aromatic N) is 4. The van der Waals surface area contributed by atoms with Crippen LogP contribution in [0.5, 0.6) is 0 Å². The van der Waals surface area contributed by atoms with Crippen molar-refractivity contribution in [3.8, 4) is 0 Å². The Hall–Kier alpha value is -3.04. The number of rotatable bonds is 0. The summed E-state index contributed by atoms with van der Waals surface area (Å²) in [5, 5.41) is 0. The highest BCUT2D eigenvalue weighted by atomic mass is 16.1. The molecule has 0 fully saturated rings. The molecule has 10 nitrogen and oxygen atoms in total. The van der Waals surface area contributed by atoms with Gasteiger partial charge in [-0.1, -0.05) is 12.2 Å². The summed E-state index contributed by atoms with van der Waals surface area (Å²) in [5.41, 5.74) is 22.2. The maximum absolute atomic E-state index is 11.4. The van der Waals surface area contributed by atoms with Gasteiger partial charge in [0.2, 0.25) is 0 Å². The first-order chi connectivity index (χ1) is 11.4. The summed E-state index contributed by atoms with van der Waals surface area (Å²) in [6.45, 7) is 2.72. The van der Waals surface area contributed by atoms with Gasteiger partial charge in [-0.3, -0.25) is 19.0 Å². The third-order valence-corrected chi connectivity index (χ3v) is 4.33. The van der Waals surface area contributed by atoms with Gasteiger partial charge in [-0.05, 0) is 12.8 Å². The van der Waals surface area contributed by atoms with Crippen LogP contribution in [0.2, 0.25) is 0 Å². The van der Waals surface area contributed by atoms with Crippen LogP contribution in [0.3, 0.4) is 0 Å². The van der Waals surface area contributed by atoms with Gasteiger partial charge in [0.25, 0.3) is 11.1 Å². The zero-order valence-corrected chi connectivity index (χ0v) is 13.3. The van der Waals surface area contributed by atoms with Gasteiger partial charge in [0.15, 0.2) is 0 Å². The topological polar surface area (TPSA) is 158 Å². The first-order valence-electron chi connectivity index (χ1n) is 7.77. The Morgan fingerprint density at radius 1 is 0.667 bits per heavy atom. The van der Waals surface area contributed by atoms with E-state index in [4.69, 9.17) is 22.9 Å². The molecule has 0 amide bonds. The number of nitrogen functional groups attached to an aromatic ring is 4. The van der Waals surface area contributed by atoms with Crippen LogP contribution in [0.15, 0.2) is 21.7 Å². The average Bonchev–Trinajstić information content (AvgIpc) is 2.98. The predicted octanol–water partition coefficient (Wildman–Crippen LogP) is -1.01. The highest BCUT2D eigenvalue weighted by Crippen LogP contribution is 2.16. The average molecular weight is 334 g/mol. The smallest absolute Gasteiger partial charge is 0.292 e. The fourth-order valence-corrected chi connectivity index (χ4v) is 2.97. The normalized spacial score (nSPS) is 15.3. The summed E-state index contributed by atoms with van der Waals surface area (Å²) in [4.78, 5) is 22.7. The lowest BCUT2D eigenvalue weighted by Gasteiger charge is -2.17. The minimum atomic E-state index is -0.197. The van der Waals surface area contributed by atoms with Crippen molar-refractivity contribution in [2.45, 2.75) is 39.0 Å². The molecule has 2 aliphatic heterocycles. The molecule has 0 radical (unpaired) electrons. The van der Waals surface area contributed by atoms with Gasteiger partial charge in [-0.2, -0.15) is 0 Å². The fraction of sp³-hybridized carbons (Fsp3) is 0.429. The molecule has 0 saturated heterocycles. The van der Waals surface area contributed by atoms with Gasteiger partial charge in [0.1, 0.15) is 23.0 Å². The van der Waals surface area contributed by atoms with Crippen molar-refractivity contribution in [1.29, 1.82) is 0 Å². The van der Waals surface area contributed by atoms with Crippen LogP contribution >= 0.6 is 0 Å². The minimum Gasteiger partial charge on any atom is -0.391 e. The summed E-state index contributed by atoms with van der Waals surface area (Å²) in [6, 6.07) is 0. The third kappa shape index (κ3) is 2.36. The number of nitrogens with two attached hydrogens (primary N) is 4. The number of fused-ring (bicyclic) bond motifs is 2. The number of allylic oxidation sites excluding steroid dienone is 2. The predicted molar refractivity (Wildman–Crippen MR) is 93.4 cm³/mol. The van der Waals surface area contributed by atoms with Gasteiger partial charge < -0.3 is 22.9 Å². The van der Waals surface area contributed by atoms with Crippen molar-refractivity contribution in [2.24, 2.45) is 0 Å². The first-order valence-corrected chi connectivity index (χ1v) is 7.77. The zero-order chi connectivity index (χ0) is 17.4. The number of hydrogen-bond acceptors (Lipinski definition) is 6. The van der Waals surface area contributed by atoms with Gasteiger partial charge in [-0.15, -0.1) is 0 Å². The molecule has 0 unspecified atom stereocenters. The second-order valence-corrected chi connectivity index (χ2v) is 5.80. The number of aromatic nitrogens is 4. The molecule has 8 N–H and O–H groups in total. The molecule has 2 aromatic rings. The number of hydrogen-bond donors (Lipinski definition) is 4. The molecule has 24 heavy (non-hydrogen) atoms. The van der Waals surface area contributed by atoms with Crippen molar-refractivity contribution in [3.63, 3.8) is 0 Å². The van der Waals surface area contributed by atoms with E-state index in [9.17, 15) is 9.59 Å². The summed E-state index contributed by atoms with van der Waals surface area (Å²) in [5.74, 6) is 0.782. The molecule has 0 atom stereocenters. The van der Waals surface area contributed by atoms with E-state index in [1.54, 1.807) is 14.0 Å². The Morgan fingerprint density at radius 2 is 1.12 bits per heavy atom. The Morgan fingerprint density at radius 3 is 1.67 bits per heavy atom. The van der Waals surface area contributed by atoms with Crippen LogP contribution in [0, 0.1) is 0 Å². The molecule has 130 valence electrons. The Kier molecular flexibility index (Phi) is 3.87. The van der Waals surface area contributed by atoms with Crippen LogP contribution in [0.4, 0.5) is 23.0 Å². The molecule has 2 aromatic heterocycles. The second kappa shape index (κ2) is 5.87. The summed E-state index contributed by atoms with van der Waals surface area (Å²) < 4.78 is 6.59. The quantitative estimate of drug-likeness (QED) is 0.452. The largest absolute Gasteiger partial charge is 0.391 e. The van der Waals surface area contributed by atoms with E-state index in [-0.39, 0.29) is 22.5 Å². The molecular formula is C14H22N8O2. The van der Waals surface area contributed by atoms with Crippen LogP contribution in [-0.2, 0) is 26.2 Å². The molecule has 4 rings (SSSR count). The molecule has 0 spiro atoms. The summed E-state index contributed by atoms with van der Waals surface area (Å²) in [6.07, 6.45) is 5.97. The van der Waals surface area contributed by atoms with E-state index < -0.39 is 0 Å². The lowest BCUT2D eigenvalue weighted by atomic mass is 10.3. The van der Waals surface area contributed by atoms with Crippen LogP contribution in [0.25, 0.3) is 0 Å². The van der Waals surface area contributed by atoms with E-state index in [0.29, 0.717) is 24.7 Å². The lowest BCUT2D eigenvalue weighted by molar-refractivity contribution is 0.360. The van der Waals surface area contributed by atoms with Gasteiger partial charge >= 0.3 is 0 Å². The fourth-order valence-electron chi connectivity index (χ4n) is 2.97. The Balaban J connectivity index is 0.000000141. The van der Waals surface area contributed by atoms with Crippen molar-refractivity contribution < 1.29 is 0 Å².